The van der Waals surface area contributed by atoms with Crippen LogP contribution >= 0.6 is 0 Å². The van der Waals surface area contributed by atoms with Crippen molar-refractivity contribution in [2.45, 2.75) is 32.5 Å². The molecular weight excluding hydrogens is 268 g/mol. The maximum Gasteiger partial charge on any atom is 0.119 e. The Morgan fingerprint density at radius 2 is 1.95 bits per heavy atom. The molecule has 2 N–H and O–H groups in total. The van der Waals surface area contributed by atoms with E-state index in [1.807, 2.05) is 17.9 Å². The van der Waals surface area contributed by atoms with Gasteiger partial charge in [-0.05, 0) is 44.7 Å². The van der Waals surface area contributed by atoms with Crippen molar-refractivity contribution in [2.75, 3.05) is 26.2 Å². The van der Waals surface area contributed by atoms with Gasteiger partial charge < -0.3 is 14.9 Å². The van der Waals surface area contributed by atoms with Gasteiger partial charge in [0.25, 0.3) is 0 Å². The molecule has 1 unspecified atom stereocenters. The average Bonchev–Trinajstić information content (AvgIpc) is 2.43. The van der Waals surface area contributed by atoms with Gasteiger partial charge in [0, 0.05) is 13.1 Å². The van der Waals surface area contributed by atoms with Gasteiger partial charge in [0.15, 0.2) is 0 Å². The predicted octanol–water partition coefficient (Wildman–Crippen LogP) is 1.39. The number of likely N-dealkylation sites (N-methyl/N-ethyl adjacent to an activating group) is 1. The van der Waals surface area contributed by atoms with Gasteiger partial charge in [-0.2, -0.15) is 5.26 Å². The van der Waals surface area contributed by atoms with Gasteiger partial charge in [-0.15, -0.1) is 0 Å². The molecule has 0 aromatic heterocycles. The summed E-state index contributed by atoms with van der Waals surface area (Å²) in [6.07, 6.45) is -0.636. The first-order valence-electron chi connectivity index (χ1n) is 7.10. The van der Waals surface area contributed by atoms with Gasteiger partial charge in [0.2, 0.25) is 0 Å². The molecule has 0 heterocycles. The summed E-state index contributed by atoms with van der Waals surface area (Å²) in [4.78, 5) is 1.98. The van der Waals surface area contributed by atoms with E-state index in [1.165, 1.54) is 0 Å². The highest BCUT2D eigenvalue weighted by molar-refractivity contribution is 5.34. The minimum atomic E-state index is -0.788. The van der Waals surface area contributed by atoms with E-state index in [0.29, 0.717) is 24.4 Å². The van der Waals surface area contributed by atoms with Crippen LogP contribution in [-0.4, -0.2) is 53.1 Å². The van der Waals surface area contributed by atoms with Crippen LogP contribution in [0.2, 0.25) is 0 Å². The molecule has 0 aliphatic heterocycles. The van der Waals surface area contributed by atoms with Crippen LogP contribution in [-0.2, 0) is 0 Å². The number of hydrogen-bond donors (Lipinski definition) is 2. The molecule has 5 nitrogen and oxygen atoms in total. The van der Waals surface area contributed by atoms with Crippen LogP contribution in [0, 0.1) is 11.3 Å². The summed E-state index contributed by atoms with van der Waals surface area (Å²) < 4.78 is 5.49. The third kappa shape index (κ3) is 7.09. The van der Waals surface area contributed by atoms with Crippen molar-refractivity contribution in [3.8, 4) is 11.8 Å². The van der Waals surface area contributed by atoms with Crippen LogP contribution < -0.4 is 4.74 Å². The van der Waals surface area contributed by atoms with Crippen molar-refractivity contribution >= 4 is 0 Å². The Labute approximate surface area is 126 Å². The molecule has 0 radical (unpaired) electrons. The average molecular weight is 292 g/mol. The molecule has 0 bridgehead atoms. The summed E-state index contributed by atoms with van der Waals surface area (Å²) >= 11 is 0. The Morgan fingerprint density at radius 3 is 2.43 bits per heavy atom. The number of hydrogen-bond acceptors (Lipinski definition) is 5. The second kappa shape index (κ2) is 7.99. The molecule has 1 atom stereocenters. The fourth-order valence-corrected chi connectivity index (χ4v) is 2.02. The number of aliphatic hydroxyl groups is 2. The molecule has 1 aromatic rings. The van der Waals surface area contributed by atoms with E-state index in [2.05, 4.69) is 0 Å². The third-order valence-corrected chi connectivity index (χ3v) is 2.95. The lowest BCUT2D eigenvalue weighted by atomic mass is 10.1. The maximum atomic E-state index is 10.0. The molecule has 0 aliphatic rings. The van der Waals surface area contributed by atoms with E-state index >= 15 is 0 Å². The lowest BCUT2D eigenvalue weighted by Gasteiger charge is -2.29. The molecule has 1 aromatic carbocycles. The lowest BCUT2D eigenvalue weighted by Crippen LogP contribution is -2.43. The summed E-state index contributed by atoms with van der Waals surface area (Å²) in [6, 6.07) is 8.81. The molecular formula is C16H24N2O3. The summed E-state index contributed by atoms with van der Waals surface area (Å²) in [6.45, 7) is 7.34. The van der Waals surface area contributed by atoms with Gasteiger partial charge in [-0.1, -0.05) is 6.92 Å². The standard InChI is InChI=1S/C16H24N2O3/c1-4-18(12-16(2,3)20)10-14(19)11-21-15-7-5-13(9-17)6-8-15/h5-8,14,19-20H,4,10-12H2,1-3H3. The third-order valence-electron chi connectivity index (χ3n) is 2.95. The number of benzene rings is 1. The Morgan fingerprint density at radius 1 is 1.33 bits per heavy atom. The molecule has 0 aliphatic carbocycles. The maximum absolute atomic E-state index is 10.0. The molecule has 0 fully saturated rings. The van der Waals surface area contributed by atoms with Crippen molar-refractivity contribution < 1.29 is 14.9 Å². The highest BCUT2D eigenvalue weighted by Crippen LogP contribution is 2.12. The summed E-state index contributed by atoms with van der Waals surface area (Å²) in [5.74, 6) is 0.624. The molecule has 116 valence electrons. The molecule has 0 spiro atoms. The van der Waals surface area contributed by atoms with Crippen molar-refractivity contribution in [1.29, 1.82) is 5.26 Å². The first-order chi connectivity index (χ1) is 9.84. The van der Waals surface area contributed by atoms with Crippen LogP contribution in [0.1, 0.15) is 26.3 Å². The molecule has 0 saturated carbocycles. The topological polar surface area (TPSA) is 76.7 Å². The van der Waals surface area contributed by atoms with Crippen molar-refractivity contribution in [1.82, 2.24) is 4.90 Å². The van der Waals surface area contributed by atoms with Crippen LogP contribution in [0.15, 0.2) is 24.3 Å². The minimum absolute atomic E-state index is 0.175. The van der Waals surface area contributed by atoms with Crippen molar-refractivity contribution in [3.63, 3.8) is 0 Å². The van der Waals surface area contributed by atoms with E-state index in [1.54, 1.807) is 38.1 Å². The number of aliphatic hydroxyl groups excluding tert-OH is 1. The fraction of sp³-hybridized carbons (Fsp3) is 0.562. The number of rotatable bonds is 8. The Balaban J connectivity index is 2.41. The monoisotopic (exact) mass is 292 g/mol. The van der Waals surface area contributed by atoms with Crippen LogP contribution in [0.4, 0.5) is 0 Å². The highest BCUT2D eigenvalue weighted by atomic mass is 16.5. The number of nitriles is 1. The normalized spacial score (nSPS) is 13.0. The molecule has 0 saturated heterocycles. The number of ether oxygens (including phenoxy) is 1. The van der Waals surface area contributed by atoms with Crippen LogP contribution in [0.25, 0.3) is 0 Å². The smallest absolute Gasteiger partial charge is 0.119 e. The zero-order chi connectivity index (χ0) is 15.9. The first-order valence-corrected chi connectivity index (χ1v) is 7.10. The second-order valence-corrected chi connectivity index (χ2v) is 5.74. The SMILES string of the molecule is CCN(CC(O)COc1ccc(C#N)cc1)CC(C)(C)O. The van der Waals surface area contributed by atoms with Crippen molar-refractivity contribution in [3.05, 3.63) is 29.8 Å². The Kier molecular flexibility index (Phi) is 6.63. The minimum Gasteiger partial charge on any atom is -0.491 e. The van der Waals surface area contributed by atoms with E-state index in [0.717, 1.165) is 6.54 Å². The largest absolute Gasteiger partial charge is 0.491 e. The van der Waals surface area contributed by atoms with Gasteiger partial charge >= 0.3 is 0 Å². The molecule has 1 rings (SSSR count). The van der Waals surface area contributed by atoms with Crippen molar-refractivity contribution in [2.24, 2.45) is 0 Å². The van der Waals surface area contributed by atoms with Crippen LogP contribution in [0.5, 0.6) is 5.75 Å². The van der Waals surface area contributed by atoms with Gasteiger partial charge in [0.05, 0.1) is 17.2 Å². The first kappa shape index (κ1) is 17.4. The molecule has 5 heteroatoms. The Hall–Kier alpha value is -1.61. The highest BCUT2D eigenvalue weighted by Gasteiger charge is 2.19. The summed E-state index contributed by atoms with van der Waals surface area (Å²) in [7, 11) is 0. The van der Waals surface area contributed by atoms with E-state index < -0.39 is 11.7 Å². The number of nitrogens with zero attached hydrogens (tertiary/aromatic N) is 2. The second-order valence-electron chi connectivity index (χ2n) is 5.74. The molecule has 21 heavy (non-hydrogen) atoms. The van der Waals surface area contributed by atoms with E-state index in [9.17, 15) is 10.2 Å². The lowest BCUT2D eigenvalue weighted by molar-refractivity contribution is 0.0115. The zero-order valence-electron chi connectivity index (χ0n) is 12.9. The van der Waals surface area contributed by atoms with Crippen LogP contribution in [0.3, 0.4) is 0 Å². The van der Waals surface area contributed by atoms with E-state index in [4.69, 9.17) is 10.00 Å². The fourth-order valence-electron chi connectivity index (χ4n) is 2.02. The van der Waals surface area contributed by atoms with E-state index in [-0.39, 0.29) is 6.61 Å². The summed E-state index contributed by atoms with van der Waals surface area (Å²) in [5.41, 5.74) is -0.214. The Bertz CT molecular complexity index is 460. The zero-order valence-corrected chi connectivity index (χ0v) is 12.9. The van der Waals surface area contributed by atoms with Gasteiger partial charge in [-0.3, -0.25) is 4.90 Å². The molecule has 0 amide bonds. The predicted molar refractivity (Wildman–Crippen MR) is 81.1 cm³/mol. The van der Waals surface area contributed by atoms with Gasteiger partial charge in [0.1, 0.15) is 18.5 Å². The van der Waals surface area contributed by atoms with Gasteiger partial charge in [-0.25, -0.2) is 0 Å². The quantitative estimate of drug-likeness (QED) is 0.757. The summed E-state index contributed by atoms with van der Waals surface area (Å²) in [5, 5.41) is 28.5.